The molecular weight excluding hydrogens is 272 g/mol. The van der Waals surface area contributed by atoms with Gasteiger partial charge in [-0.1, -0.05) is 26.0 Å². The van der Waals surface area contributed by atoms with Crippen molar-refractivity contribution in [1.29, 1.82) is 0 Å². The average molecular weight is 296 g/mol. The Morgan fingerprint density at radius 2 is 1.80 bits per heavy atom. The lowest BCUT2D eigenvalue weighted by molar-refractivity contribution is -0.152. The molecule has 4 heteroatoms. The fourth-order valence-electron chi connectivity index (χ4n) is 2.45. The molecule has 0 N–H and O–H groups in total. The van der Waals surface area contributed by atoms with Gasteiger partial charge in [0.05, 0.1) is 19.1 Å². The molecule has 0 unspecified atom stereocenters. The number of carbonyl (C=O) groups is 1. The number of ether oxygens (including phenoxy) is 2. The first-order chi connectivity index (χ1) is 9.18. The lowest BCUT2D eigenvalue weighted by Crippen LogP contribution is -2.34. The van der Waals surface area contributed by atoms with Crippen LogP contribution in [0, 0.1) is 10.8 Å². The minimum absolute atomic E-state index is 0.145. The molecule has 0 saturated heterocycles. The van der Waals surface area contributed by atoms with E-state index in [-0.39, 0.29) is 11.4 Å². The van der Waals surface area contributed by atoms with Crippen molar-refractivity contribution in [3.8, 4) is 5.75 Å². The highest BCUT2D eigenvalue weighted by Crippen LogP contribution is 2.35. The molecule has 0 bridgehead atoms. The number of thiol groups is 1. The molecule has 0 fully saturated rings. The van der Waals surface area contributed by atoms with Crippen molar-refractivity contribution in [1.82, 2.24) is 0 Å². The van der Waals surface area contributed by atoms with Crippen LogP contribution in [-0.2, 0) is 9.53 Å². The molecule has 0 atom stereocenters. The number of hydrogen-bond acceptors (Lipinski definition) is 4. The van der Waals surface area contributed by atoms with Crippen LogP contribution in [0.2, 0.25) is 0 Å². The van der Waals surface area contributed by atoms with Crippen molar-refractivity contribution in [2.24, 2.45) is 10.8 Å². The lowest BCUT2D eigenvalue weighted by Gasteiger charge is -2.32. The van der Waals surface area contributed by atoms with E-state index in [9.17, 15) is 4.79 Å². The average Bonchev–Trinajstić information content (AvgIpc) is 2.35. The summed E-state index contributed by atoms with van der Waals surface area (Å²) in [5, 5.41) is 0. The molecule has 1 aromatic carbocycles. The van der Waals surface area contributed by atoms with Gasteiger partial charge < -0.3 is 9.47 Å². The third kappa shape index (κ3) is 4.75. The molecule has 0 aromatic heterocycles. The standard InChI is InChI=1S/C16H24O3S/c1-15(2,10-16(3,4)14(17)18-5)11-19-12-8-6-7-9-13(12)20/h6-9,20H,10-11H2,1-5H3. The van der Waals surface area contributed by atoms with Crippen LogP contribution < -0.4 is 4.74 Å². The van der Waals surface area contributed by atoms with Gasteiger partial charge in [0.25, 0.3) is 0 Å². The van der Waals surface area contributed by atoms with E-state index < -0.39 is 5.41 Å². The van der Waals surface area contributed by atoms with Crippen LogP contribution in [0.3, 0.4) is 0 Å². The Balaban J connectivity index is 2.66. The normalized spacial score (nSPS) is 12.1. The maximum absolute atomic E-state index is 11.8. The SMILES string of the molecule is COC(=O)C(C)(C)CC(C)(C)COc1ccccc1S. The predicted octanol–water partition coefficient (Wildman–Crippen LogP) is 3.97. The quantitative estimate of drug-likeness (QED) is 0.637. The first-order valence-corrected chi connectivity index (χ1v) is 7.12. The number of esters is 1. The van der Waals surface area contributed by atoms with Crippen molar-refractivity contribution >= 4 is 18.6 Å². The van der Waals surface area contributed by atoms with E-state index in [0.717, 1.165) is 10.6 Å². The number of para-hydroxylation sites is 1. The highest BCUT2D eigenvalue weighted by atomic mass is 32.1. The van der Waals surface area contributed by atoms with Crippen LogP contribution in [-0.4, -0.2) is 19.7 Å². The van der Waals surface area contributed by atoms with Crippen LogP contribution >= 0.6 is 12.6 Å². The summed E-state index contributed by atoms with van der Waals surface area (Å²) in [5.74, 6) is 0.569. The second-order valence-electron chi connectivity index (χ2n) is 6.47. The first kappa shape index (κ1) is 16.9. The van der Waals surface area contributed by atoms with Crippen LogP contribution in [0.1, 0.15) is 34.1 Å². The van der Waals surface area contributed by atoms with E-state index >= 15 is 0 Å². The monoisotopic (exact) mass is 296 g/mol. The highest BCUT2D eigenvalue weighted by molar-refractivity contribution is 7.80. The summed E-state index contributed by atoms with van der Waals surface area (Å²) in [5.41, 5.74) is -0.671. The minimum atomic E-state index is -0.526. The third-order valence-electron chi connectivity index (χ3n) is 3.14. The number of rotatable bonds is 6. The van der Waals surface area contributed by atoms with Crippen LogP contribution in [0.25, 0.3) is 0 Å². The molecule has 20 heavy (non-hydrogen) atoms. The van der Waals surface area contributed by atoms with E-state index in [0.29, 0.717) is 13.0 Å². The summed E-state index contributed by atoms with van der Waals surface area (Å²) in [7, 11) is 1.42. The Morgan fingerprint density at radius 1 is 1.20 bits per heavy atom. The smallest absolute Gasteiger partial charge is 0.311 e. The maximum Gasteiger partial charge on any atom is 0.311 e. The molecule has 0 aliphatic heterocycles. The molecule has 0 aliphatic rings. The zero-order valence-electron chi connectivity index (χ0n) is 12.9. The van der Waals surface area contributed by atoms with Crippen molar-refractivity contribution < 1.29 is 14.3 Å². The summed E-state index contributed by atoms with van der Waals surface area (Å²) in [4.78, 5) is 12.6. The van der Waals surface area contributed by atoms with E-state index in [1.807, 2.05) is 38.1 Å². The van der Waals surface area contributed by atoms with Crippen LogP contribution in [0.4, 0.5) is 0 Å². The van der Waals surface area contributed by atoms with Gasteiger partial charge >= 0.3 is 5.97 Å². The molecule has 112 valence electrons. The van der Waals surface area contributed by atoms with Gasteiger partial charge in [0.2, 0.25) is 0 Å². The summed E-state index contributed by atoms with van der Waals surface area (Å²) in [6.45, 7) is 8.48. The van der Waals surface area contributed by atoms with Crippen molar-refractivity contribution in [2.75, 3.05) is 13.7 Å². The molecule has 0 amide bonds. The Morgan fingerprint density at radius 3 is 2.35 bits per heavy atom. The van der Waals surface area contributed by atoms with E-state index in [2.05, 4.69) is 26.5 Å². The molecule has 0 saturated carbocycles. The van der Waals surface area contributed by atoms with Gasteiger partial charge in [0.15, 0.2) is 0 Å². The minimum Gasteiger partial charge on any atom is -0.492 e. The second-order valence-corrected chi connectivity index (χ2v) is 6.95. The van der Waals surface area contributed by atoms with E-state index in [4.69, 9.17) is 9.47 Å². The Hall–Kier alpha value is -1.16. The van der Waals surface area contributed by atoms with Gasteiger partial charge in [-0.05, 0) is 37.8 Å². The van der Waals surface area contributed by atoms with Gasteiger partial charge in [0, 0.05) is 4.90 Å². The lowest BCUT2D eigenvalue weighted by atomic mass is 9.75. The summed E-state index contributed by atoms with van der Waals surface area (Å²) >= 11 is 4.36. The van der Waals surface area contributed by atoms with Gasteiger partial charge in [0.1, 0.15) is 5.75 Å². The molecule has 1 aromatic rings. The van der Waals surface area contributed by atoms with Gasteiger partial charge in [-0.3, -0.25) is 4.79 Å². The summed E-state index contributed by atoms with van der Waals surface area (Å²) in [6.07, 6.45) is 0.682. The molecule has 0 heterocycles. The van der Waals surface area contributed by atoms with E-state index in [1.54, 1.807) is 0 Å². The molecule has 3 nitrogen and oxygen atoms in total. The van der Waals surface area contributed by atoms with Gasteiger partial charge in [-0.15, -0.1) is 12.6 Å². The third-order valence-corrected chi connectivity index (χ3v) is 3.51. The summed E-state index contributed by atoms with van der Waals surface area (Å²) in [6, 6.07) is 7.62. The number of methoxy groups -OCH3 is 1. The fraction of sp³-hybridized carbons (Fsp3) is 0.562. The zero-order valence-corrected chi connectivity index (χ0v) is 13.8. The number of carbonyl (C=O) groups excluding carboxylic acids is 1. The molecule has 0 aliphatic carbocycles. The number of hydrogen-bond donors (Lipinski definition) is 1. The van der Waals surface area contributed by atoms with Crippen molar-refractivity contribution in [3.63, 3.8) is 0 Å². The first-order valence-electron chi connectivity index (χ1n) is 6.67. The van der Waals surface area contributed by atoms with E-state index in [1.165, 1.54) is 7.11 Å². The molecule has 0 radical (unpaired) electrons. The van der Waals surface area contributed by atoms with Gasteiger partial charge in [-0.25, -0.2) is 0 Å². The molecular formula is C16H24O3S. The second kappa shape index (κ2) is 6.53. The topological polar surface area (TPSA) is 35.5 Å². The fourth-order valence-corrected chi connectivity index (χ4v) is 2.67. The largest absolute Gasteiger partial charge is 0.492 e. The van der Waals surface area contributed by atoms with Gasteiger partial charge in [-0.2, -0.15) is 0 Å². The Bertz CT molecular complexity index is 467. The Kier molecular flexibility index (Phi) is 5.51. The molecule has 0 spiro atoms. The van der Waals surface area contributed by atoms with Crippen LogP contribution in [0.5, 0.6) is 5.75 Å². The highest BCUT2D eigenvalue weighted by Gasteiger charge is 2.36. The van der Waals surface area contributed by atoms with Crippen LogP contribution in [0.15, 0.2) is 29.2 Å². The zero-order chi connectivity index (χ0) is 15.4. The Labute approximate surface area is 127 Å². The number of benzene rings is 1. The van der Waals surface area contributed by atoms with Crippen molar-refractivity contribution in [2.45, 2.75) is 39.0 Å². The van der Waals surface area contributed by atoms with Crippen molar-refractivity contribution in [3.05, 3.63) is 24.3 Å². The molecule has 1 rings (SSSR count). The predicted molar refractivity (Wildman–Crippen MR) is 83.4 cm³/mol. The maximum atomic E-state index is 11.8. The summed E-state index contributed by atoms with van der Waals surface area (Å²) < 4.78 is 10.7.